The summed E-state index contributed by atoms with van der Waals surface area (Å²) in [6.45, 7) is 2.16. The van der Waals surface area contributed by atoms with Crippen LogP contribution in [-0.2, 0) is 6.42 Å². The molecule has 0 bridgehead atoms. The van der Waals surface area contributed by atoms with Gasteiger partial charge in [-0.3, -0.25) is 0 Å². The standard InChI is InChI=1S/C13H13ClN4/c1-2-3-4-11-17-12-13(18-11)16-10-7-8(14)5-6-9(10)15-12/h5-7H,2-4H2,1H3,(H,15,16,17,18). The van der Waals surface area contributed by atoms with Crippen molar-refractivity contribution < 1.29 is 0 Å². The van der Waals surface area contributed by atoms with E-state index in [0.717, 1.165) is 41.8 Å². The summed E-state index contributed by atoms with van der Waals surface area (Å²) >= 11 is 5.95. The summed E-state index contributed by atoms with van der Waals surface area (Å²) in [4.78, 5) is 16.7. The Hall–Kier alpha value is -1.68. The number of aromatic nitrogens is 4. The van der Waals surface area contributed by atoms with Crippen molar-refractivity contribution in [3.63, 3.8) is 0 Å². The van der Waals surface area contributed by atoms with Crippen LogP contribution in [0.5, 0.6) is 0 Å². The summed E-state index contributed by atoms with van der Waals surface area (Å²) in [6, 6.07) is 5.50. The van der Waals surface area contributed by atoms with E-state index in [-0.39, 0.29) is 0 Å². The fraction of sp³-hybridized carbons (Fsp3) is 0.308. The van der Waals surface area contributed by atoms with E-state index in [2.05, 4.69) is 26.9 Å². The highest BCUT2D eigenvalue weighted by atomic mass is 35.5. The smallest absolute Gasteiger partial charge is 0.198 e. The molecule has 3 rings (SSSR count). The minimum Gasteiger partial charge on any atom is -0.325 e. The molecule has 1 aromatic carbocycles. The molecule has 2 heterocycles. The van der Waals surface area contributed by atoms with E-state index in [4.69, 9.17) is 11.6 Å². The van der Waals surface area contributed by atoms with E-state index < -0.39 is 0 Å². The van der Waals surface area contributed by atoms with Crippen molar-refractivity contribution in [1.82, 2.24) is 19.9 Å². The molecule has 3 aromatic rings. The molecule has 0 aliphatic heterocycles. The maximum atomic E-state index is 5.95. The minimum absolute atomic E-state index is 0.668. The Bertz CT molecular complexity index is 705. The molecule has 0 radical (unpaired) electrons. The van der Waals surface area contributed by atoms with Gasteiger partial charge >= 0.3 is 0 Å². The molecule has 0 aliphatic carbocycles. The predicted octanol–water partition coefficient (Wildman–Crippen LogP) is 3.50. The summed E-state index contributed by atoms with van der Waals surface area (Å²) in [6.07, 6.45) is 3.20. The zero-order valence-corrected chi connectivity index (χ0v) is 10.8. The lowest BCUT2D eigenvalue weighted by atomic mass is 10.2. The van der Waals surface area contributed by atoms with Crippen LogP contribution in [0.2, 0.25) is 5.02 Å². The number of H-pyrrole nitrogens is 1. The number of aryl methyl sites for hydroxylation is 1. The number of unbranched alkanes of at least 4 members (excludes halogenated alkanes) is 1. The van der Waals surface area contributed by atoms with Crippen molar-refractivity contribution in [2.45, 2.75) is 26.2 Å². The van der Waals surface area contributed by atoms with Gasteiger partial charge < -0.3 is 4.98 Å². The van der Waals surface area contributed by atoms with Crippen molar-refractivity contribution in [2.24, 2.45) is 0 Å². The normalized spacial score (nSPS) is 11.4. The Morgan fingerprint density at radius 1 is 1.17 bits per heavy atom. The topological polar surface area (TPSA) is 54.5 Å². The first-order valence-electron chi connectivity index (χ1n) is 6.08. The van der Waals surface area contributed by atoms with Crippen molar-refractivity contribution >= 4 is 33.9 Å². The molecular weight excluding hydrogens is 248 g/mol. The first kappa shape index (κ1) is 11.4. The summed E-state index contributed by atoms with van der Waals surface area (Å²) in [5.41, 5.74) is 3.02. The van der Waals surface area contributed by atoms with Crippen LogP contribution in [-0.4, -0.2) is 19.9 Å². The first-order chi connectivity index (χ1) is 8.76. The van der Waals surface area contributed by atoms with Crippen LogP contribution >= 0.6 is 11.6 Å². The summed E-state index contributed by atoms with van der Waals surface area (Å²) in [7, 11) is 0. The molecule has 0 aliphatic rings. The molecule has 0 atom stereocenters. The van der Waals surface area contributed by atoms with E-state index in [0.29, 0.717) is 10.7 Å². The van der Waals surface area contributed by atoms with E-state index in [1.54, 1.807) is 0 Å². The van der Waals surface area contributed by atoms with Gasteiger partial charge in [0.1, 0.15) is 5.82 Å². The fourth-order valence-corrected chi connectivity index (χ4v) is 2.10. The number of fused-ring (bicyclic) bond motifs is 2. The Kier molecular flexibility index (Phi) is 2.88. The second-order valence-electron chi connectivity index (χ2n) is 4.32. The van der Waals surface area contributed by atoms with Crippen LogP contribution in [0.1, 0.15) is 25.6 Å². The Balaban J connectivity index is 2.12. The number of hydrogen-bond acceptors (Lipinski definition) is 3. The SMILES string of the molecule is CCCCc1nc2nc3ccc(Cl)cc3nc2[nH]1. The van der Waals surface area contributed by atoms with Gasteiger partial charge in [-0.15, -0.1) is 0 Å². The zero-order valence-electron chi connectivity index (χ0n) is 10.1. The molecule has 5 heteroatoms. The van der Waals surface area contributed by atoms with Crippen LogP contribution in [0.25, 0.3) is 22.3 Å². The Labute approximate surface area is 109 Å². The van der Waals surface area contributed by atoms with Crippen LogP contribution in [0, 0.1) is 0 Å². The van der Waals surface area contributed by atoms with Crippen molar-refractivity contribution in [2.75, 3.05) is 0 Å². The minimum atomic E-state index is 0.668. The molecule has 92 valence electrons. The maximum Gasteiger partial charge on any atom is 0.198 e. The van der Waals surface area contributed by atoms with Crippen molar-refractivity contribution in [3.8, 4) is 0 Å². The molecule has 18 heavy (non-hydrogen) atoms. The van der Waals surface area contributed by atoms with Gasteiger partial charge in [0.2, 0.25) is 0 Å². The molecule has 0 amide bonds. The number of hydrogen-bond donors (Lipinski definition) is 1. The van der Waals surface area contributed by atoms with E-state index in [1.165, 1.54) is 0 Å². The van der Waals surface area contributed by atoms with Gasteiger partial charge in [-0.1, -0.05) is 24.9 Å². The van der Waals surface area contributed by atoms with Crippen molar-refractivity contribution in [1.29, 1.82) is 0 Å². The van der Waals surface area contributed by atoms with Gasteiger partial charge in [0.05, 0.1) is 11.0 Å². The first-order valence-corrected chi connectivity index (χ1v) is 6.46. The fourth-order valence-electron chi connectivity index (χ4n) is 1.94. The lowest BCUT2D eigenvalue weighted by Crippen LogP contribution is -1.86. The number of imidazole rings is 1. The molecule has 0 unspecified atom stereocenters. The number of halogens is 1. The maximum absolute atomic E-state index is 5.95. The highest BCUT2D eigenvalue weighted by Gasteiger charge is 2.07. The van der Waals surface area contributed by atoms with Gasteiger partial charge in [0, 0.05) is 11.4 Å². The second-order valence-corrected chi connectivity index (χ2v) is 4.75. The van der Waals surface area contributed by atoms with Crippen LogP contribution in [0.3, 0.4) is 0 Å². The van der Waals surface area contributed by atoms with Crippen LogP contribution < -0.4 is 0 Å². The summed E-state index contributed by atoms with van der Waals surface area (Å²) in [5, 5.41) is 0.668. The summed E-state index contributed by atoms with van der Waals surface area (Å²) in [5.74, 6) is 0.952. The van der Waals surface area contributed by atoms with E-state index >= 15 is 0 Å². The lowest BCUT2D eigenvalue weighted by molar-refractivity contribution is 0.764. The van der Waals surface area contributed by atoms with Gasteiger partial charge in [0.25, 0.3) is 0 Å². The molecular formula is C13H13ClN4. The Morgan fingerprint density at radius 2 is 2.06 bits per heavy atom. The number of rotatable bonds is 3. The quantitative estimate of drug-likeness (QED) is 0.784. The number of benzene rings is 1. The number of nitrogens with one attached hydrogen (secondary N) is 1. The molecule has 2 aromatic heterocycles. The average Bonchev–Trinajstić information content (AvgIpc) is 2.75. The largest absolute Gasteiger partial charge is 0.325 e. The monoisotopic (exact) mass is 260 g/mol. The molecule has 0 spiro atoms. The van der Waals surface area contributed by atoms with Gasteiger partial charge in [0.15, 0.2) is 11.3 Å². The molecule has 0 saturated heterocycles. The van der Waals surface area contributed by atoms with Crippen LogP contribution in [0.4, 0.5) is 0 Å². The number of nitrogens with zero attached hydrogens (tertiary/aromatic N) is 3. The summed E-state index contributed by atoms with van der Waals surface area (Å²) < 4.78 is 0. The van der Waals surface area contributed by atoms with E-state index in [1.807, 2.05) is 18.2 Å². The average molecular weight is 261 g/mol. The second kappa shape index (κ2) is 4.53. The zero-order chi connectivity index (χ0) is 12.5. The highest BCUT2D eigenvalue weighted by molar-refractivity contribution is 6.31. The van der Waals surface area contributed by atoms with Crippen molar-refractivity contribution in [3.05, 3.63) is 29.0 Å². The molecule has 1 N–H and O–H groups in total. The third-order valence-electron chi connectivity index (χ3n) is 2.88. The van der Waals surface area contributed by atoms with Gasteiger partial charge in [-0.25, -0.2) is 15.0 Å². The third kappa shape index (κ3) is 2.04. The molecule has 4 nitrogen and oxygen atoms in total. The van der Waals surface area contributed by atoms with Gasteiger partial charge in [-0.05, 0) is 24.6 Å². The predicted molar refractivity (Wildman–Crippen MR) is 72.8 cm³/mol. The number of aromatic amines is 1. The molecule has 0 fully saturated rings. The third-order valence-corrected chi connectivity index (χ3v) is 3.11. The van der Waals surface area contributed by atoms with E-state index in [9.17, 15) is 0 Å². The highest BCUT2D eigenvalue weighted by Crippen LogP contribution is 2.18. The van der Waals surface area contributed by atoms with Crippen LogP contribution in [0.15, 0.2) is 18.2 Å². The van der Waals surface area contributed by atoms with Gasteiger partial charge in [-0.2, -0.15) is 0 Å². The molecule has 0 saturated carbocycles. The lowest BCUT2D eigenvalue weighted by Gasteiger charge is -1.96. The Morgan fingerprint density at radius 3 is 2.89 bits per heavy atom.